The Hall–Kier alpha value is -1.22. The van der Waals surface area contributed by atoms with Gasteiger partial charge in [-0.15, -0.1) is 11.3 Å². The van der Waals surface area contributed by atoms with Crippen LogP contribution in [0.2, 0.25) is 0 Å². The van der Waals surface area contributed by atoms with E-state index in [0.717, 1.165) is 26.2 Å². The Morgan fingerprint density at radius 2 is 1.95 bits per heavy atom. The van der Waals surface area contributed by atoms with Gasteiger partial charge in [0.1, 0.15) is 4.21 Å². The van der Waals surface area contributed by atoms with Crippen molar-refractivity contribution in [1.82, 2.24) is 19.0 Å². The van der Waals surface area contributed by atoms with Crippen LogP contribution in [-0.2, 0) is 16.6 Å². The molecule has 0 atom stereocenters. The highest BCUT2D eigenvalue weighted by molar-refractivity contribution is 7.91. The topological polar surface area (TPSA) is 58.4 Å². The molecule has 2 aromatic rings. The maximum atomic E-state index is 12.4. The second kappa shape index (κ2) is 6.27. The number of rotatable bonds is 5. The van der Waals surface area contributed by atoms with E-state index >= 15 is 0 Å². The zero-order valence-corrected chi connectivity index (χ0v) is 13.3. The van der Waals surface area contributed by atoms with Gasteiger partial charge in [-0.2, -0.15) is 9.40 Å². The van der Waals surface area contributed by atoms with Gasteiger partial charge in [-0.3, -0.25) is 9.58 Å². The standard InChI is InChI=1S/C13H18N4O2S2/c18-21(19,13-3-1-12-20-13)17-10-7-15(8-11-17)6-9-16-5-2-4-14-16/h1-5,12H,6-11H2. The molecular formula is C13H18N4O2S2. The summed E-state index contributed by atoms with van der Waals surface area (Å²) < 4.78 is 28.7. The summed E-state index contributed by atoms with van der Waals surface area (Å²) in [5.74, 6) is 0. The Morgan fingerprint density at radius 3 is 2.57 bits per heavy atom. The summed E-state index contributed by atoms with van der Waals surface area (Å²) in [6, 6.07) is 5.35. The summed E-state index contributed by atoms with van der Waals surface area (Å²) in [6.45, 7) is 4.38. The minimum absolute atomic E-state index is 0.437. The number of sulfonamides is 1. The molecule has 0 spiro atoms. The van der Waals surface area contributed by atoms with Crippen LogP contribution in [0.15, 0.2) is 40.2 Å². The normalized spacial score (nSPS) is 18.1. The van der Waals surface area contributed by atoms with E-state index in [9.17, 15) is 8.42 Å². The first kappa shape index (κ1) is 14.7. The largest absolute Gasteiger partial charge is 0.299 e. The van der Waals surface area contributed by atoms with E-state index in [1.54, 1.807) is 28.0 Å². The Balaban J connectivity index is 1.53. The first-order chi connectivity index (χ1) is 10.2. The van der Waals surface area contributed by atoms with Crippen molar-refractivity contribution < 1.29 is 8.42 Å². The summed E-state index contributed by atoms with van der Waals surface area (Å²) in [6.07, 6.45) is 3.71. The molecule has 0 aliphatic carbocycles. The number of piperazine rings is 1. The van der Waals surface area contributed by atoms with Gasteiger partial charge in [0.2, 0.25) is 0 Å². The highest BCUT2D eigenvalue weighted by atomic mass is 32.2. The second-order valence-corrected chi connectivity index (χ2v) is 8.06. The van der Waals surface area contributed by atoms with Gasteiger partial charge in [0.15, 0.2) is 0 Å². The predicted molar refractivity (Wildman–Crippen MR) is 81.7 cm³/mol. The molecule has 0 bridgehead atoms. The van der Waals surface area contributed by atoms with Gasteiger partial charge < -0.3 is 0 Å². The van der Waals surface area contributed by atoms with Crippen molar-refractivity contribution in [2.45, 2.75) is 10.8 Å². The minimum atomic E-state index is -3.29. The number of nitrogens with zero attached hydrogens (tertiary/aromatic N) is 4. The molecular weight excluding hydrogens is 308 g/mol. The third kappa shape index (κ3) is 3.34. The van der Waals surface area contributed by atoms with Crippen molar-refractivity contribution >= 4 is 21.4 Å². The fourth-order valence-corrected chi connectivity index (χ4v) is 4.97. The van der Waals surface area contributed by atoms with Gasteiger partial charge in [0.05, 0.1) is 6.54 Å². The molecule has 21 heavy (non-hydrogen) atoms. The van der Waals surface area contributed by atoms with Crippen LogP contribution >= 0.6 is 11.3 Å². The molecule has 1 aliphatic rings. The molecule has 0 saturated carbocycles. The molecule has 0 unspecified atom stereocenters. The third-order valence-electron chi connectivity index (χ3n) is 3.63. The molecule has 114 valence electrons. The van der Waals surface area contributed by atoms with Crippen molar-refractivity contribution in [3.8, 4) is 0 Å². The Bertz CT molecular complexity index is 644. The van der Waals surface area contributed by atoms with Crippen molar-refractivity contribution in [3.05, 3.63) is 36.0 Å². The Morgan fingerprint density at radius 1 is 1.14 bits per heavy atom. The van der Waals surface area contributed by atoms with Crippen LogP contribution < -0.4 is 0 Å². The molecule has 0 aromatic carbocycles. The second-order valence-electron chi connectivity index (χ2n) is 4.95. The van der Waals surface area contributed by atoms with E-state index in [0.29, 0.717) is 17.3 Å². The number of hydrogen-bond acceptors (Lipinski definition) is 5. The van der Waals surface area contributed by atoms with Gasteiger partial charge in [-0.25, -0.2) is 8.42 Å². The average molecular weight is 326 g/mol. The summed E-state index contributed by atoms with van der Waals surface area (Å²) >= 11 is 1.28. The third-order valence-corrected chi connectivity index (χ3v) is 6.90. The minimum Gasteiger partial charge on any atom is -0.299 e. The van der Waals surface area contributed by atoms with Crippen molar-refractivity contribution in [2.24, 2.45) is 0 Å². The fraction of sp³-hybridized carbons (Fsp3) is 0.462. The zero-order chi connectivity index (χ0) is 14.7. The number of hydrogen-bond donors (Lipinski definition) is 0. The molecule has 3 rings (SSSR count). The molecule has 0 radical (unpaired) electrons. The van der Waals surface area contributed by atoms with E-state index in [1.807, 2.05) is 16.9 Å². The lowest BCUT2D eigenvalue weighted by atomic mass is 10.3. The summed E-state index contributed by atoms with van der Waals surface area (Å²) in [5, 5.41) is 5.97. The molecule has 1 fully saturated rings. The lowest BCUT2D eigenvalue weighted by molar-refractivity contribution is 0.181. The maximum absolute atomic E-state index is 12.4. The summed E-state index contributed by atoms with van der Waals surface area (Å²) in [7, 11) is -3.29. The summed E-state index contributed by atoms with van der Waals surface area (Å²) in [4.78, 5) is 2.28. The summed E-state index contributed by atoms with van der Waals surface area (Å²) in [5.41, 5.74) is 0. The van der Waals surface area contributed by atoms with E-state index < -0.39 is 10.0 Å². The fourth-order valence-electron chi connectivity index (χ4n) is 2.41. The van der Waals surface area contributed by atoms with Gasteiger partial charge in [0.25, 0.3) is 10.0 Å². The molecule has 1 aliphatic heterocycles. The van der Waals surface area contributed by atoms with E-state index in [1.165, 1.54) is 11.3 Å². The monoisotopic (exact) mass is 326 g/mol. The Kier molecular flexibility index (Phi) is 4.39. The zero-order valence-electron chi connectivity index (χ0n) is 11.6. The van der Waals surface area contributed by atoms with Crippen LogP contribution in [0.5, 0.6) is 0 Å². The van der Waals surface area contributed by atoms with Crippen LogP contribution in [0.25, 0.3) is 0 Å². The predicted octanol–water partition coefficient (Wildman–Crippen LogP) is 0.951. The number of aromatic nitrogens is 2. The first-order valence-corrected chi connectivity index (χ1v) is 9.22. The lowest BCUT2D eigenvalue weighted by Crippen LogP contribution is -2.49. The Labute approximate surface area is 128 Å². The molecule has 3 heterocycles. The molecule has 0 N–H and O–H groups in total. The highest BCUT2D eigenvalue weighted by Crippen LogP contribution is 2.21. The van der Waals surface area contributed by atoms with Gasteiger partial charge in [-0.1, -0.05) is 6.07 Å². The van der Waals surface area contributed by atoms with Crippen LogP contribution in [0.3, 0.4) is 0 Å². The van der Waals surface area contributed by atoms with Gasteiger partial charge >= 0.3 is 0 Å². The van der Waals surface area contributed by atoms with E-state index in [-0.39, 0.29) is 0 Å². The van der Waals surface area contributed by atoms with Gasteiger partial charge in [-0.05, 0) is 17.5 Å². The lowest BCUT2D eigenvalue weighted by Gasteiger charge is -2.33. The average Bonchev–Trinajstić information content (AvgIpc) is 3.19. The smallest absolute Gasteiger partial charge is 0.252 e. The van der Waals surface area contributed by atoms with E-state index in [4.69, 9.17) is 0 Å². The van der Waals surface area contributed by atoms with Crippen molar-refractivity contribution in [2.75, 3.05) is 32.7 Å². The molecule has 2 aromatic heterocycles. The van der Waals surface area contributed by atoms with Crippen molar-refractivity contribution in [3.63, 3.8) is 0 Å². The molecule has 6 nitrogen and oxygen atoms in total. The van der Waals surface area contributed by atoms with Crippen LogP contribution in [0, 0.1) is 0 Å². The molecule has 8 heteroatoms. The highest BCUT2D eigenvalue weighted by Gasteiger charge is 2.28. The molecule has 0 amide bonds. The quantitative estimate of drug-likeness (QED) is 0.821. The van der Waals surface area contributed by atoms with Gasteiger partial charge in [0, 0.05) is 45.1 Å². The van der Waals surface area contributed by atoms with Crippen LogP contribution in [0.1, 0.15) is 0 Å². The van der Waals surface area contributed by atoms with E-state index in [2.05, 4.69) is 10.00 Å². The van der Waals surface area contributed by atoms with Crippen molar-refractivity contribution in [1.29, 1.82) is 0 Å². The molecule has 1 saturated heterocycles. The maximum Gasteiger partial charge on any atom is 0.252 e. The van der Waals surface area contributed by atoms with Crippen LogP contribution in [-0.4, -0.2) is 60.1 Å². The van der Waals surface area contributed by atoms with Crippen LogP contribution in [0.4, 0.5) is 0 Å². The number of thiophene rings is 1. The first-order valence-electron chi connectivity index (χ1n) is 6.90. The SMILES string of the molecule is O=S(=O)(c1cccs1)N1CCN(CCn2cccn2)CC1.